The van der Waals surface area contributed by atoms with Gasteiger partial charge in [0.2, 0.25) is 0 Å². The summed E-state index contributed by atoms with van der Waals surface area (Å²) in [7, 11) is 0. The van der Waals surface area contributed by atoms with Crippen molar-refractivity contribution in [2.24, 2.45) is 0 Å². The van der Waals surface area contributed by atoms with Crippen LogP contribution in [0.4, 0.5) is 39.5 Å². The molecule has 4 nitrogen and oxygen atoms in total. The van der Waals surface area contributed by atoms with Crippen LogP contribution < -0.4 is 14.8 Å². The van der Waals surface area contributed by atoms with Gasteiger partial charge in [-0.3, -0.25) is 4.79 Å². The molecular formula is C33H24F9NO3. The second-order valence-electron chi connectivity index (χ2n) is 10.7. The standard InChI is InChI=1S/C33H24F9NO3/c34-24-14-23(15-26(17-24)46-33(41,42)30(36)37)31(18-19-5-2-1-3-6-19,21-9-12-27(35)28(16-21)45-25-10-11-25)43-29(44)20-7-4-8-22(13-20)32(38,39)40/h1-9,12-17,25,30H,10-11,18H2,(H,43,44)/t31-/m1/s1. The van der Waals surface area contributed by atoms with E-state index >= 15 is 4.39 Å². The predicted molar refractivity (Wildman–Crippen MR) is 148 cm³/mol. The van der Waals surface area contributed by atoms with Crippen LogP contribution in [0, 0.1) is 11.6 Å². The zero-order chi connectivity index (χ0) is 33.3. The Kier molecular flexibility index (Phi) is 8.96. The first-order valence-electron chi connectivity index (χ1n) is 13.8. The van der Waals surface area contributed by atoms with Crippen LogP contribution in [0.5, 0.6) is 11.5 Å². The third kappa shape index (κ3) is 7.40. The molecule has 1 N–H and O–H groups in total. The maximum Gasteiger partial charge on any atom is 0.461 e. The van der Waals surface area contributed by atoms with Gasteiger partial charge in [-0.15, -0.1) is 0 Å². The van der Waals surface area contributed by atoms with Gasteiger partial charge in [0, 0.05) is 18.1 Å². The van der Waals surface area contributed by atoms with Crippen molar-refractivity contribution in [3.8, 4) is 11.5 Å². The van der Waals surface area contributed by atoms with Crippen LogP contribution in [0.2, 0.25) is 0 Å². The Bertz CT molecular complexity index is 1710. The summed E-state index contributed by atoms with van der Waals surface area (Å²) in [6, 6.07) is 16.9. The summed E-state index contributed by atoms with van der Waals surface area (Å²) in [4.78, 5) is 13.8. The molecule has 5 rings (SSSR count). The molecule has 4 aromatic carbocycles. The van der Waals surface area contributed by atoms with Crippen molar-refractivity contribution in [2.45, 2.75) is 49.6 Å². The van der Waals surface area contributed by atoms with Crippen molar-refractivity contribution in [1.29, 1.82) is 0 Å². The van der Waals surface area contributed by atoms with E-state index in [9.17, 15) is 39.9 Å². The van der Waals surface area contributed by atoms with Gasteiger partial charge in [0.25, 0.3) is 5.91 Å². The molecule has 1 aliphatic rings. The molecule has 242 valence electrons. The van der Waals surface area contributed by atoms with Gasteiger partial charge >= 0.3 is 18.7 Å². The van der Waals surface area contributed by atoms with Crippen LogP contribution in [0.15, 0.2) is 91.0 Å². The van der Waals surface area contributed by atoms with Crippen molar-refractivity contribution >= 4 is 5.91 Å². The first-order valence-corrected chi connectivity index (χ1v) is 13.8. The Morgan fingerprint density at radius 1 is 0.804 bits per heavy atom. The van der Waals surface area contributed by atoms with Crippen molar-refractivity contribution in [3.63, 3.8) is 0 Å². The number of carbonyl (C=O) groups excluding carboxylic acids is 1. The Morgan fingerprint density at radius 3 is 2.17 bits per heavy atom. The summed E-state index contributed by atoms with van der Waals surface area (Å²) in [5.74, 6) is -4.45. The maximum atomic E-state index is 15.1. The number of nitrogens with one attached hydrogen (secondary N) is 1. The molecule has 1 aliphatic carbocycles. The molecule has 1 amide bonds. The summed E-state index contributed by atoms with van der Waals surface area (Å²) in [5.41, 5.74) is -3.55. The van der Waals surface area contributed by atoms with Gasteiger partial charge in [0.05, 0.1) is 17.2 Å². The molecule has 1 atom stereocenters. The molecule has 0 aliphatic heterocycles. The lowest BCUT2D eigenvalue weighted by atomic mass is 9.77. The van der Waals surface area contributed by atoms with Crippen LogP contribution in [0.25, 0.3) is 0 Å². The third-order valence-electron chi connectivity index (χ3n) is 7.21. The number of benzene rings is 4. The Labute approximate surface area is 256 Å². The normalized spacial score (nSPS) is 14.9. The maximum absolute atomic E-state index is 15.1. The highest BCUT2D eigenvalue weighted by Crippen LogP contribution is 2.40. The van der Waals surface area contributed by atoms with Gasteiger partial charge < -0.3 is 14.8 Å². The highest BCUT2D eigenvalue weighted by molar-refractivity contribution is 5.95. The zero-order valence-corrected chi connectivity index (χ0v) is 23.6. The van der Waals surface area contributed by atoms with E-state index in [0.717, 1.165) is 36.4 Å². The second-order valence-corrected chi connectivity index (χ2v) is 10.7. The summed E-state index contributed by atoms with van der Waals surface area (Å²) >= 11 is 0. The van der Waals surface area contributed by atoms with E-state index in [1.165, 1.54) is 12.1 Å². The van der Waals surface area contributed by atoms with Crippen LogP contribution in [-0.2, 0) is 18.1 Å². The van der Waals surface area contributed by atoms with E-state index in [1.54, 1.807) is 30.3 Å². The van der Waals surface area contributed by atoms with E-state index in [1.807, 2.05) is 0 Å². The molecule has 0 radical (unpaired) electrons. The summed E-state index contributed by atoms with van der Waals surface area (Å²) < 4.78 is 134. The smallest absolute Gasteiger partial charge is 0.461 e. The largest absolute Gasteiger partial charge is 0.487 e. The van der Waals surface area contributed by atoms with Crippen molar-refractivity contribution < 1.29 is 53.8 Å². The van der Waals surface area contributed by atoms with Crippen LogP contribution in [0.3, 0.4) is 0 Å². The van der Waals surface area contributed by atoms with E-state index < -0.39 is 58.7 Å². The summed E-state index contributed by atoms with van der Waals surface area (Å²) in [6.45, 7) is 0. The number of alkyl halides is 7. The molecule has 0 unspecified atom stereocenters. The van der Waals surface area contributed by atoms with E-state index in [2.05, 4.69) is 10.1 Å². The zero-order valence-electron chi connectivity index (χ0n) is 23.6. The number of hydrogen-bond acceptors (Lipinski definition) is 3. The third-order valence-corrected chi connectivity index (χ3v) is 7.21. The number of ether oxygens (including phenoxy) is 2. The van der Waals surface area contributed by atoms with Gasteiger partial charge in [-0.05, 0) is 72.0 Å². The number of amides is 1. The number of carbonyl (C=O) groups is 1. The molecule has 0 heterocycles. The van der Waals surface area contributed by atoms with Crippen molar-refractivity contribution in [2.75, 3.05) is 0 Å². The molecule has 0 aromatic heterocycles. The Hall–Kier alpha value is -4.68. The lowest BCUT2D eigenvalue weighted by Crippen LogP contribution is -2.49. The molecule has 1 fully saturated rings. The van der Waals surface area contributed by atoms with Crippen molar-refractivity contribution in [1.82, 2.24) is 5.32 Å². The monoisotopic (exact) mass is 653 g/mol. The number of hydrogen-bond donors (Lipinski definition) is 1. The fourth-order valence-electron chi connectivity index (χ4n) is 4.86. The number of rotatable bonds is 11. The average Bonchev–Trinajstić information content (AvgIpc) is 3.81. The fourth-order valence-corrected chi connectivity index (χ4v) is 4.86. The van der Waals surface area contributed by atoms with Gasteiger partial charge in [-0.2, -0.15) is 30.7 Å². The van der Waals surface area contributed by atoms with Crippen LogP contribution in [0.1, 0.15) is 45.5 Å². The molecule has 46 heavy (non-hydrogen) atoms. The van der Waals surface area contributed by atoms with Crippen molar-refractivity contribution in [3.05, 3.63) is 130 Å². The minimum absolute atomic E-state index is 0.00546. The first-order chi connectivity index (χ1) is 21.7. The predicted octanol–water partition coefficient (Wildman–Crippen LogP) is 8.68. The Balaban J connectivity index is 1.73. The SMILES string of the molecule is O=C(N[C@@](Cc1ccccc1)(c1cc(F)cc(OC(F)(F)C(F)F)c1)c1ccc(F)c(OC2CC2)c1)c1cccc(C(F)(F)F)c1. The summed E-state index contributed by atoms with van der Waals surface area (Å²) in [6.07, 6.45) is -13.5. The molecule has 1 saturated carbocycles. The molecular weight excluding hydrogens is 629 g/mol. The fraction of sp³-hybridized carbons (Fsp3) is 0.242. The van der Waals surface area contributed by atoms with Gasteiger partial charge in [0.15, 0.2) is 11.6 Å². The Morgan fingerprint density at radius 2 is 1.52 bits per heavy atom. The van der Waals surface area contributed by atoms with Crippen LogP contribution >= 0.6 is 0 Å². The van der Waals surface area contributed by atoms with Gasteiger partial charge in [-0.25, -0.2) is 8.78 Å². The van der Waals surface area contributed by atoms with E-state index in [0.29, 0.717) is 30.5 Å². The minimum Gasteiger partial charge on any atom is -0.487 e. The minimum atomic E-state index is -5.03. The average molecular weight is 654 g/mol. The number of halogens is 9. The molecule has 0 bridgehead atoms. The van der Waals surface area contributed by atoms with Crippen LogP contribution in [-0.4, -0.2) is 24.5 Å². The topological polar surface area (TPSA) is 47.6 Å². The molecule has 4 aromatic rings. The van der Waals surface area contributed by atoms with Gasteiger partial charge in [-0.1, -0.05) is 42.5 Å². The quantitative estimate of drug-likeness (QED) is 0.165. The highest BCUT2D eigenvalue weighted by atomic mass is 19.4. The van der Waals surface area contributed by atoms with Gasteiger partial charge in [0.1, 0.15) is 11.6 Å². The summed E-state index contributed by atoms with van der Waals surface area (Å²) in [5, 5.41) is 2.62. The second kappa shape index (κ2) is 12.6. The molecule has 0 spiro atoms. The lowest BCUT2D eigenvalue weighted by Gasteiger charge is -2.37. The first kappa shape index (κ1) is 32.7. The van der Waals surface area contributed by atoms with E-state index in [-0.39, 0.29) is 29.4 Å². The molecule has 13 heteroatoms. The highest BCUT2D eigenvalue weighted by Gasteiger charge is 2.45. The lowest BCUT2D eigenvalue weighted by molar-refractivity contribution is -0.253. The molecule has 0 saturated heterocycles. The van der Waals surface area contributed by atoms with E-state index in [4.69, 9.17) is 4.74 Å².